The molecule has 1 amide bonds. The first kappa shape index (κ1) is 24.1. The molecule has 0 radical (unpaired) electrons. The Morgan fingerprint density at radius 3 is 2.70 bits per heavy atom. The van der Waals surface area contributed by atoms with E-state index in [0.29, 0.717) is 12.0 Å². The molecule has 1 unspecified atom stereocenters. The summed E-state index contributed by atoms with van der Waals surface area (Å²) in [6.07, 6.45) is 19.9. The fourth-order valence-corrected chi connectivity index (χ4v) is 4.10. The predicted octanol–water partition coefficient (Wildman–Crippen LogP) is 4.73. The number of aryl methyl sites for hydroxylation is 1. The van der Waals surface area contributed by atoms with Crippen LogP contribution in [0.5, 0.6) is 0 Å². The van der Waals surface area contributed by atoms with Gasteiger partial charge in [0.05, 0.1) is 12.4 Å². The molecular weight excluding hydrogens is 414 g/mol. The lowest BCUT2D eigenvalue weighted by atomic mass is 9.71. The maximum atomic E-state index is 12.1. The smallest absolute Gasteiger partial charge is 0.251 e. The average molecular weight is 448 g/mol. The Hall–Kier alpha value is -3.55. The standard InChI is InChI=1S/C25H33N7O/c1-18(8-7-9-19(2)16-23(33)27-24-28-29-30-31(24)6)10-11-21-20(3)22(12-13-25(21,4)5)32-15-14-26-17-32/h7-11,14-17,22H,12-13H2,1-6H3,(H,27,28,30,33)/b9-7+,11-10+,18-8+,19-16+. The van der Waals surface area contributed by atoms with Crippen LogP contribution in [0, 0.1) is 5.41 Å². The maximum absolute atomic E-state index is 12.1. The van der Waals surface area contributed by atoms with Gasteiger partial charge in [0, 0.05) is 25.5 Å². The molecule has 1 aliphatic rings. The topological polar surface area (TPSA) is 90.5 Å². The highest BCUT2D eigenvalue weighted by Crippen LogP contribution is 2.45. The van der Waals surface area contributed by atoms with Gasteiger partial charge in [-0.1, -0.05) is 54.9 Å². The SMILES string of the molecule is CC1=C(/C=C/C(C)=C/C=C/C(C)=C/C(=O)Nc2nnnn2C)C(C)(C)CCC1n1ccnc1. The van der Waals surface area contributed by atoms with Crippen molar-refractivity contribution in [3.8, 4) is 0 Å². The Kier molecular flexibility index (Phi) is 7.58. The summed E-state index contributed by atoms with van der Waals surface area (Å²) in [4.78, 5) is 16.3. The van der Waals surface area contributed by atoms with Crippen LogP contribution in [0.25, 0.3) is 0 Å². The molecule has 8 nitrogen and oxygen atoms in total. The number of anilines is 1. The maximum Gasteiger partial charge on any atom is 0.251 e. The number of hydrogen-bond donors (Lipinski definition) is 1. The molecule has 2 aromatic rings. The number of allylic oxidation sites excluding steroid dienone is 9. The molecule has 0 saturated heterocycles. The van der Waals surface area contributed by atoms with Crippen LogP contribution < -0.4 is 5.32 Å². The van der Waals surface area contributed by atoms with Crippen LogP contribution in [0.1, 0.15) is 53.5 Å². The van der Waals surface area contributed by atoms with Gasteiger partial charge >= 0.3 is 0 Å². The zero-order valence-electron chi connectivity index (χ0n) is 20.3. The first-order valence-corrected chi connectivity index (χ1v) is 11.1. The van der Waals surface area contributed by atoms with E-state index < -0.39 is 0 Å². The van der Waals surface area contributed by atoms with Crippen molar-refractivity contribution < 1.29 is 4.79 Å². The van der Waals surface area contributed by atoms with Crippen LogP contribution >= 0.6 is 0 Å². The third-order valence-electron chi connectivity index (χ3n) is 6.03. The number of carbonyl (C=O) groups is 1. The van der Waals surface area contributed by atoms with E-state index in [0.717, 1.165) is 24.0 Å². The monoisotopic (exact) mass is 447 g/mol. The van der Waals surface area contributed by atoms with Gasteiger partial charge < -0.3 is 4.57 Å². The molecule has 1 N–H and O–H groups in total. The summed E-state index contributed by atoms with van der Waals surface area (Å²) in [5.74, 6) is 0.0319. The van der Waals surface area contributed by atoms with Crippen molar-refractivity contribution in [2.24, 2.45) is 12.5 Å². The molecule has 1 aliphatic carbocycles. The summed E-state index contributed by atoms with van der Waals surface area (Å²) < 4.78 is 3.60. The normalized spacial score (nSPS) is 19.6. The van der Waals surface area contributed by atoms with E-state index >= 15 is 0 Å². The Morgan fingerprint density at radius 1 is 1.24 bits per heavy atom. The average Bonchev–Trinajstić information content (AvgIpc) is 3.40. The van der Waals surface area contributed by atoms with Gasteiger partial charge in [-0.05, 0) is 66.2 Å². The Balaban J connectivity index is 1.67. The number of nitrogens with one attached hydrogen (secondary N) is 1. The quantitative estimate of drug-likeness (QED) is 0.490. The first-order chi connectivity index (χ1) is 15.7. The van der Waals surface area contributed by atoms with E-state index in [1.54, 1.807) is 7.05 Å². The number of aromatic nitrogens is 6. The van der Waals surface area contributed by atoms with E-state index in [1.165, 1.54) is 21.9 Å². The van der Waals surface area contributed by atoms with Gasteiger partial charge in [-0.15, -0.1) is 0 Å². The fourth-order valence-electron chi connectivity index (χ4n) is 4.10. The highest BCUT2D eigenvalue weighted by molar-refractivity contribution is 5.98. The third kappa shape index (κ3) is 6.25. The van der Waals surface area contributed by atoms with Crippen molar-refractivity contribution in [2.75, 3.05) is 5.32 Å². The summed E-state index contributed by atoms with van der Waals surface area (Å²) in [5.41, 5.74) is 4.88. The molecule has 0 aromatic carbocycles. The van der Waals surface area contributed by atoms with E-state index in [-0.39, 0.29) is 11.3 Å². The summed E-state index contributed by atoms with van der Waals surface area (Å²) in [6.45, 7) is 10.8. The third-order valence-corrected chi connectivity index (χ3v) is 6.03. The van der Waals surface area contributed by atoms with Crippen molar-refractivity contribution in [3.63, 3.8) is 0 Å². The molecule has 174 valence electrons. The number of hydrogen-bond acceptors (Lipinski definition) is 5. The van der Waals surface area contributed by atoms with Crippen LogP contribution in [-0.4, -0.2) is 35.7 Å². The van der Waals surface area contributed by atoms with E-state index in [4.69, 9.17) is 0 Å². The summed E-state index contributed by atoms with van der Waals surface area (Å²) in [7, 11) is 1.66. The number of carbonyl (C=O) groups excluding carboxylic acids is 1. The Labute approximate surface area is 195 Å². The van der Waals surface area contributed by atoms with Gasteiger partial charge in [-0.2, -0.15) is 0 Å². The zero-order chi connectivity index (χ0) is 24.0. The highest BCUT2D eigenvalue weighted by Gasteiger charge is 2.32. The van der Waals surface area contributed by atoms with Crippen LogP contribution in [-0.2, 0) is 11.8 Å². The van der Waals surface area contributed by atoms with E-state index in [1.807, 2.05) is 43.9 Å². The van der Waals surface area contributed by atoms with Crippen molar-refractivity contribution in [3.05, 3.63) is 77.5 Å². The molecule has 3 rings (SSSR count). The summed E-state index contributed by atoms with van der Waals surface area (Å²) in [6, 6.07) is 0.362. The molecule has 0 bridgehead atoms. The van der Waals surface area contributed by atoms with Crippen LogP contribution in [0.3, 0.4) is 0 Å². The lowest BCUT2D eigenvalue weighted by Crippen LogP contribution is -2.25. The Morgan fingerprint density at radius 2 is 2.03 bits per heavy atom. The van der Waals surface area contributed by atoms with Gasteiger partial charge in [0.2, 0.25) is 5.95 Å². The minimum Gasteiger partial charge on any atom is -0.330 e. The molecule has 0 aliphatic heterocycles. The predicted molar refractivity (Wildman–Crippen MR) is 130 cm³/mol. The number of tetrazole rings is 1. The van der Waals surface area contributed by atoms with Gasteiger partial charge in [-0.25, -0.2) is 9.67 Å². The van der Waals surface area contributed by atoms with Crippen molar-refractivity contribution in [2.45, 2.75) is 53.5 Å². The minimum absolute atomic E-state index is 0.138. The van der Waals surface area contributed by atoms with Crippen molar-refractivity contribution in [1.82, 2.24) is 29.8 Å². The largest absolute Gasteiger partial charge is 0.330 e. The molecule has 33 heavy (non-hydrogen) atoms. The first-order valence-electron chi connectivity index (χ1n) is 11.1. The van der Waals surface area contributed by atoms with Crippen LogP contribution in [0.2, 0.25) is 0 Å². The van der Waals surface area contributed by atoms with E-state index in [2.05, 4.69) is 70.2 Å². The lowest BCUT2D eigenvalue weighted by Gasteiger charge is -2.37. The highest BCUT2D eigenvalue weighted by atomic mass is 16.1. The zero-order valence-corrected chi connectivity index (χ0v) is 20.3. The molecule has 2 aromatic heterocycles. The molecule has 2 heterocycles. The van der Waals surface area contributed by atoms with Crippen LogP contribution in [0.4, 0.5) is 5.95 Å². The van der Waals surface area contributed by atoms with Gasteiger partial charge in [0.25, 0.3) is 5.91 Å². The molecule has 0 saturated carbocycles. The van der Waals surface area contributed by atoms with Gasteiger partial charge in [0.1, 0.15) is 0 Å². The molecule has 8 heteroatoms. The minimum atomic E-state index is -0.273. The lowest BCUT2D eigenvalue weighted by molar-refractivity contribution is -0.112. The molecule has 0 fully saturated rings. The second-order valence-electron chi connectivity index (χ2n) is 9.15. The number of rotatable bonds is 7. The Bertz CT molecular complexity index is 1130. The molecule has 1 atom stereocenters. The van der Waals surface area contributed by atoms with Gasteiger partial charge in [0.15, 0.2) is 0 Å². The number of imidazole rings is 1. The fraction of sp³-hybridized carbons (Fsp3) is 0.400. The van der Waals surface area contributed by atoms with Gasteiger partial charge in [-0.3, -0.25) is 10.1 Å². The number of nitrogens with zero attached hydrogens (tertiary/aromatic N) is 6. The summed E-state index contributed by atoms with van der Waals surface area (Å²) >= 11 is 0. The molecular formula is C25H33N7O. The number of amides is 1. The van der Waals surface area contributed by atoms with Crippen molar-refractivity contribution >= 4 is 11.9 Å². The van der Waals surface area contributed by atoms with Crippen molar-refractivity contribution in [1.29, 1.82) is 0 Å². The second-order valence-corrected chi connectivity index (χ2v) is 9.15. The van der Waals surface area contributed by atoms with E-state index in [9.17, 15) is 4.79 Å². The van der Waals surface area contributed by atoms with Crippen LogP contribution in [0.15, 0.2) is 77.5 Å². The molecule has 0 spiro atoms. The summed E-state index contributed by atoms with van der Waals surface area (Å²) in [5, 5.41) is 13.6. The second kappa shape index (κ2) is 10.4.